The molecule has 0 radical (unpaired) electrons. The van der Waals surface area contributed by atoms with Crippen molar-refractivity contribution in [3.05, 3.63) is 236 Å². The molecule has 0 bridgehead atoms. The molecule has 0 unspecified atom stereocenters. The van der Waals surface area contributed by atoms with Crippen molar-refractivity contribution in [2.24, 2.45) is 0 Å². The summed E-state index contributed by atoms with van der Waals surface area (Å²) in [7, 11) is 0. The van der Waals surface area contributed by atoms with Crippen LogP contribution in [0.4, 0.5) is 13.2 Å². The molecule has 2 aromatic heterocycles. The third kappa shape index (κ3) is 7.62. The zero-order chi connectivity index (χ0) is 44.8. The Labute approximate surface area is 380 Å². The minimum Gasteiger partial charge on any atom is -0.308 e. The molecule has 0 amide bonds. The second-order valence-corrected chi connectivity index (χ2v) is 16.6. The first-order valence-electron chi connectivity index (χ1n) is 21.9. The Balaban J connectivity index is 1.27. The fraction of sp³-hybridized carbons (Fsp3) is 0.0333. The zero-order valence-electron chi connectivity index (χ0n) is 35.8. The molecule has 316 valence electrons. The van der Waals surface area contributed by atoms with Crippen LogP contribution in [0.3, 0.4) is 0 Å². The summed E-state index contributed by atoms with van der Waals surface area (Å²) < 4.78 is 46.5. The third-order valence-electron chi connectivity index (χ3n) is 12.3. The normalized spacial score (nSPS) is 11.6. The van der Waals surface area contributed by atoms with Gasteiger partial charge in [-0.15, -0.1) is 0 Å². The number of alkyl halides is 3. The molecule has 9 aromatic carbocycles. The number of hydrogen-bond donors (Lipinski definition) is 0. The zero-order valence-corrected chi connectivity index (χ0v) is 35.8. The fourth-order valence-corrected chi connectivity index (χ4v) is 9.09. The maximum absolute atomic E-state index is 14.8. The Morgan fingerprint density at radius 2 is 0.818 bits per heavy atom. The van der Waals surface area contributed by atoms with Crippen molar-refractivity contribution in [3.63, 3.8) is 0 Å². The molecule has 0 aliphatic heterocycles. The van der Waals surface area contributed by atoms with Gasteiger partial charge in [0.15, 0.2) is 5.82 Å². The summed E-state index contributed by atoms with van der Waals surface area (Å²) in [5.41, 5.74) is 13.9. The van der Waals surface area contributed by atoms with E-state index in [0.29, 0.717) is 22.6 Å². The van der Waals surface area contributed by atoms with Crippen LogP contribution < -0.4 is 0 Å². The number of hydrogen-bond acceptors (Lipinski definition) is 2. The van der Waals surface area contributed by atoms with Crippen LogP contribution in [0.25, 0.3) is 106 Å². The lowest BCUT2D eigenvalue weighted by Gasteiger charge is -2.22. The van der Waals surface area contributed by atoms with Gasteiger partial charge in [-0.05, 0) is 94.9 Å². The lowest BCUT2D eigenvalue weighted by molar-refractivity contribution is -0.137. The summed E-state index contributed by atoms with van der Waals surface area (Å²) in [6.07, 6.45) is -4.57. The second-order valence-electron chi connectivity index (χ2n) is 16.6. The maximum atomic E-state index is 14.8. The van der Waals surface area contributed by atoms with E-state index in [9.17, 15) is 13.2 Å². The number of halogens is 3. The molecule has 0 aliphatic carbocycles. The molecule has 0 N–H and O–H groups in total. The number of rotatable bonds is 8. The largest absolute Gasteiger partial charge is 0.416 e. The molecule has 0 aliphatic rings. The van der Waals surface area contributed by atoms with E-state index in [1.807, 2.05) is 115 Å². The Morgan fingerprint density at radius 3 is 1.33 bits per heavy atom. The van der Waals surface area contributed by atoms with Crippen LogP contribution in [0.1, 0.15) is 11.1 Å². The van der Waals surface area contributed by atoms with Crippen LogP contribution in [0.5, 0.6) is 0 Å². The fourth-order valence-electron chi connectivity index (χ4n) is 9.09. The van der Waals surface area contributed by atoms with Crippen molar-refractivity contribution in [1.29, 1.82) is 0 Å². The van der Waals surface area contributed by atoms with Crippen molar-refractivity contribution in [2.45, 2.75) is 13.1 Å². The summed E-state index contributed by atoms with van der Waals surface area (Å²) >= 11 is 0. The number of aromatic nitrogens is 3. The average molecular weight is 860 g/mol. The lowest BCUT2D eigenvalue weighted by atomic mass is 9.90. The Bertz CT molecular complexity index is 3410. The highest BCUT2D eigenvalue weighted by atomic mass is 19.4. The van der Waals surface area contributed by atoms with Crippen LogP contribution >= 0.6 is 0 Å². The smallest absolute Gasteiger partial charge is 0.308 e. The molecular weight excluding hydrogens is 820 g/mol. The van der Waals surface area contributed by atoms with Gasteiger partial charge in [-0.25, -0.2) is 9.97 Å². The molecule has 2 heterocycles. The SMILES string of the molecule is Cc1cccc(-c2cc(-c3cc(-c4ccccc4)nc(-c4ccccc4)n3)cc(-c3cccc(C(F)(F)F)c3)c2-n2c3ccc(-c4ccccc4)cc3c3cc(-c4ccccc4)ccc32)c1. The van der Waals surface area contributed by atoms with E-state index in [-0.39, 0.29) is 0 Å². The van der Waals surface area contributed by atoms with E-state index in [1.165, 1.54) is 12.1 Å². The van der Waals surface area contributed by atoms with Gasteiger partial charge in [-0.1, -0.05) is 175 Å². The third-order valence-corrected chi connectivity index (χ3v) is 12.3. The van der Waals surface area contributed by atoms with Gasteiger partial charge in [-0.3, -0.25) is 0 Å². The summed E-state index contributed by atoms with van der Waals surface area (Å²) in [5.74, 6) is 0.541. The van der Waals surface area contributed by atoms with E-state index >= 15 is 0 Å². The maximum Gasteiger partial charge on any atom is 0.416 e. The average Bonchev–Trinajstić information content (AvgIpc) is 3.69. The lowest BCUT2D eigenvalue weighted by Crippen LogP contribution is -2.06. The van der Waals surface area contributed by atoms with E-state index in [2.05, 4.69) is 96.4 Å². The molecule has 3 nitrogen and oxygen atoms in total. The van der Waals surface area contributed by atoms with Gasteiger partial charge < -0.3 is 4.57 Å². The highest BCUT2D eigenvalue weighted by Crippen LogP contribution is 2.46. The summed E-state index contributed by atoms with van der Waals surface area (Å²) in [6.45, 7) is 2.06. The van der Waals surface area contributed by atoms with E-state index in [4.69, 9.17) is 9.97 Å². The first kappa shape index (κ1) is 40.4. The molecule has 0 saturated carbocycles. The second kappa shape index (κ2) is 16.6. The molecule has 66 heavy (non-hydrogen) atoms. The minimum absolute atomic E-state index is 0.424. The predicted molar refractivity (Wildman–Crippen MR) is 264 cm³/mol. The minimum atomic E-state index is -4.57. The summed E-state index contributed by atoms with van der Waals surface area (Å²) in [6, 6.07) is 73.5. The van der Waals surface area contributed by atoms with E-state index in [1.54, 1.807) is 6.07 Å². The molecule has 11 rings (SSSR count). The van der Waals surface area contributed by atoms with Crippen LogP contribution in [0.2, 0.25) is 0 Å². The van der Waals surface area contributed by atoms with Gasteiger partial charge in [0.1, 0.15) is 0 Å². The molecule has 0 saturated heterocycles. The molecule has 11 aromatic rings. The summed E-state index contributed by atoms with van der Waals surface area (Å²) in [5, 5.41) is 2.04. The van der Waals surface area contributed by atoms with Gasteiger partial charge in [0.05, 0.1) is 33.7 Å². The number of fused-ring (bicyclic) bond motifs is 3. The molecular formula is C60H40F3N3. The molecule has 0 fully saturated rings. The standard InChI is InChI=1S/C60H40F3N3/c1-39-16-14-25-46(32-39)50-36-48(55-38-54(42-21-10-4-11-22-42)64-59(65-55)43-23-12-5-13-24-43)37-51(47-26-15-27-49(33-47)60(61,62)63)58(50)66-56-30-28-44(40-17-6-2-7-18-40)34-52(56)53-35-45(29-31-57(53)66)41-19-8-3-9-20-41/h2-38H,1H3. The monoisotopic (exact) mass is 859 g/mol. The van der Waals surface area contributed by atoms with Crippen molar-refractivity contribution < 1.29 is 13.2 Å². The van der Waals surface area contributed by atoms with Crippen LogP contribution in [0.15, 0.2) is 224 Å². The predicted octanol–water partition coefficient (Wildman–Crippen LogP) is 16.6. The number of nitrogens with zero attached hydrogens (tertiary/aromatic N) is 3. The number of aryl methyl sites for hydroxylation is 1. The quantitative estimate of drug-likeness (QED) is 0.152. The van der Waals surface area contributed by atoms with Crippen LogP contribution in [-0.2, 0) is 6.18 Å². The van der Waals surface area contributed by atoms with Crippen molar-refractivity contribution in [1.82, 2.24) is 14.5 Å². The molecule has 6 heteroatoms. The van der Waals surface area contributed by atoms with E-state index in [0.717, 1.165) is 94.9 Å². The Hall–Kier alpha value is -8.35. The first-order chi connectivity index (χ1) is 32.2. The van der Waals surface area contributed by atoms with Gasteiger partial charge in [-0.2, -0.15) is 13.2 Å². The van der Waals surface area contributed by atoms with Crippen LogP contribution in [-0.4, -0.2) is 14.5 Å². The van der Waals surface area contributed by atoms with Crippen molar-refractivity contribution >= 4 is 21.8 Å². The molecule has 0 atom stereocenters. The van der Waals surface area contributed by atoms with Crippen LogP contribution in [0, 0.1) is 6.92 Å². The van der Waals surface area contributed by atoms with Crippen molar-refractivity contribution in [2.75, 3.05) is 0 Å². The van der Waals surface area contributed by atoms with Gasteiger partial charge in [0.2, 0.25) is 0 Å². The van der Waals surface area contributed by atoms with Gasteiger partial charge in [0, 0.05) is 38.6 Å². The summed E-state index contributed by atoms with van der Waals surface area (Å²) in [4.78, 5) is 10.3. The van der Waals surface area contributed by atoms with Gasteiger partial charge >= 0.3 is 6.18 Å². The number of benzene rings is 9. The first-order valence-corrected chi connectivity index (χ1v) is 21.9. The highest BCUT2D eigenvalue weighted by molar-refractivity contribution is 6.13. The topological polar surface area (TPSA) is 30.7 Å². The van der Waals surface area contributed by atoms with E-state index < -0.39 is 11.7 Å². The Morgan fingerprint density at radius 1 is 0.364 bits per heavy atom. The highest BCUT2D eigenvalue weighted by Gasteiger charge is 2.31. The van der Waals surface area contributed by atoms with Crippen molar-refractivity contribution in [3.8, 4) is 84.1 Å². The molecule has 0 spiro atoms. The Kier molecular flexibility index (Phi) is 10.2. The van der Waals surface area contributed by atoms with Gasteiger partial charge in [0.25, 0.3) is 0 Å².